The average Bonchev–Trinajstić information content (AvgIpc) is 2.83. The number of nitrogens with one attached hydrogen (secondary N) is 2. The van der Waals surface area contributed by atoms with Crippen molar-refractivity contribution in [1.82, 2.24) is 10.0 Å². The molecule has 2 N–H and O–H groups in total. The first-order chi connectivity index (χ1) is 8.90. The quantitative estimate of drug-likeness (QED) is 0.745. The highest BCUT2D eigenvalue weighted by atomic mass is 32.2. The highest BCUT2D eigenvalue weighted by Gasteiger charge is 2.17. The molecule has 0 bridgehead atoms. The van der Waals surface area contributed by atoms with Crippen LogP contribution in [0.1, 0.15) is 19.6 Å². The van der Waals surface area contributed by atoms with Gasteiger partial charge in [-0.15, -0.1) is 0 Å². The maximum atomic E-state index is 11.5. The van der Waals surface area contributed by atoms with Gasteiger partial charge in [0.1, 0.15) is 5.76 Å². The van der Waals surface area contributed by atoms with Crippen molar-refractivity contribution in [2.75, 3.05) is 20.8 Å². The molecule has 1 aromatic heterocycles. The molecule has 7 heteroatoms. The van der Waals surface area contributed by atoms with Crippen molar-refractivity contribution in [1.29, 1.82) is 0 Å². The molecule has 0 amide bonds. The Labute approximate surface area is 114 Å². The van der Waals surface area contributed by atoms with Gasteiger partial charge in [-0.2, -0.15) is 0 Å². The summed E-state index contributed by atoms with van der Waals surface area (Å²) in [6.07, 6.45) is 0. The first kappa shape index (κ1) is 16.2. The molecule has 1 rings (SSSR count). The number of hydrogen-bond donors (Lipinski definition) is 2. The van der Waals surface area contributed by atoms with Gasteiger partial charge in [-0.3, -0.25) is 0 Å². The molecule has 0 spiro atoms. The highest BCUT2D eigenvalue weighted by Crippen LogP contribution is 2.14. The van der Waals surface area contributed by atoms with Gasteiger partial charge >= 0.3 is 0 Å². The van der Waals surface area contributed by atoms with E-state index in [0.29, 0.717) is 24.8 Å². The predicted octanol–water partition coefficient (Wildman–Crippen LogP) is 0.948. The van der Waals surface area contributed by atoms with Gasteiger partial charge in [0.05, 0.1) is 13.2 Å². The molecule has 6 nitrogen and oxygen atoms in total. The molecule has 110 valence electrons. The summed E-state index contributed by atoms with van der Waals surface area (Å²) < 4.78 is 35.7. The van der Waals surface area contributed by atoms with E-state index in [1.807, 2.05) is 0 Å². The molecule has 1 atom stereocenters. The largest absolute Gasteiger partial charge is 0.447 e. The minimum atomic E-state index is -3.51. The number of furan rings is 1. The van der Waals surface area contributed by atoms with Crippen LogP contribution in [0.5, 0.6) is 0 Å². The van der Waals surface area contributed by atoms with Crippen molar-refractivity contribution in [3.8, 4) is 0 Å². The minimum absolute atomic E-state index is 0.0698. The molecular formula is C12H22N2O4S. The standard InChI is InChI=1S/C12H22N2O4S/c1-9(2)11(8-17-4)14-7-10-5-6-12(18-10)19(15,16)13-3/h5-6,9,11,13-14H,7-8H2,1-4H3. The number of rotatable bonds is 8. The van der Waals surface area contributed by atoms with E-state index in [-0.39, 0.29) is 11.1 Å². The summed E-state index contributed by atoms with van der Waals surface area (Å²) in [5, 5.41) is 3.22. The van der Waals surface area contributed by atoms with Gasteiger partial charge < -0.3 is 14.5 Å². The fourth-order valence-corrected chi connectivity index (χ4v) is 2.26. The molecule has 1 unspecified atom stereocenters. The second kappa shape index (κ2) is 7.04. The third-order valence-corrected chi connectivity index (χ3v) is 4.15. The van der Waals surface area contributed by atoms with Crippen molar-refractivity contribution < 1.29 is 17.6 Å². The van der Waals surface area contributed by atoms with Crippen LogP contribution in [0, 0.1) is 5.92 Å². The lowest BCUT2D eigenvalue weighted by molar-refractivity contribution is 0.145. The van der Waals surface area contributed by atoms with Crippen molar-refractivity contribution >= 4 is 10.0 Å². The van der Waals surface area contributed by atoms with Crippen LogP contribution >= 0.6 is 0 Å². The average molecular weight is 290 g/mol. The summed E-state index contributed by atoms with van der Waals surface area (Å²) in [7, 11) is -0.507. The zero-order chi connectivity index (χ0) is 14.5. The van der Waals surface area contributed by atoms with E-state index in [1.165, 1.54) is 13.1 Å². The van der Waals surface area contributed by atoms with E-state index in [1.54, 1.807) is 13.2 Å². The van der Waals surface area contributed by atoms with Gasteiger partial charge in [0, 0.05) is 13.2 Å². The first-order valence-corrected chi connectivity index (χ1v) is 7.63. The second-order valence-corrected chi connectivity index (χ2v) is 6.43. The minimum Gasteiger partial charge on any atom is -0.447 e. The Balaban J connectivity index is 2.64. The lowest BCUT2D eigenvalue weighted by Gasteiger charge is -2.20. The summed E-state index contributed by atoms with van der Waals surface area (Å²) in [6, 6.07) is 3.30. The molecule has 19 heavy (non-hydrogen) atoms. The molecule has 0 aliphatic rings. The van der Waals surface area contributed by atoms with Crippen LogP contribution in [-0.4, -0.2) is 35.2 Å². The Morgan fingerprint density at radius 1 is 1.37 bits per heavy atom. The topological polar surface area (TPSA) is 80.6 Å². The van der Waals surface area contributed by atoms with Crippen LogP contribution in [0.15, 0.2) is 21.6 Å². The van der Waals surface area contributed by atoms with E-state index in [4.69, 9.17) is 9.15 Å². The summed E-state index contributed by atoms with van der Waals surface area (Å²) in [4.78, 5) is 0. The summed E-state index contributed by atoms with van der Waals surface area (Å²) >= 11 is 0. The summed E-state index contributed by atoms with van der Waals surface area (Å²) in [5.41, 5.74) is 0. The van der Waals surface area contributed by atoms with E-state index in [9.17, 15) is 8.42 Å². The number of methoxy groups -OCH3 is 1. The molecule has 0 aliphatic heterocycles. The van der Waals surface area contributed by atoms with Gasteiger partial charge in [-0.25, -0.2) is 13.1 Å². The molecule has 1 heterocycles. The number of hydrogen-bond acceptors (Lipinski definition) is 5. The molecule has 0 radical (unpaired) electrons. The number of sulfonamides is 1. The van der Waals surface area contributed by atoms with Gasteiger partial charge in [0.15, 0.2) is 0 Å². The zero-order valence-corrected chi connectivity index (χ0v) is 12.6. The van der Waals surface area contributed by atoms with Gasteiger partial charge in [0.2, 0.25) is 5.09 Å². The lowest BCUT2D eigenvalue weighted by atomic mass is 10.1. The number of ether oxygens (including phenoxy) is 1. The van der Waals surface area contributed by atoms with Gasteiger partial charge in [0.25, 0.3) is 10.0 Å². The van der Waals surface area contributed by atoms with Gasteiger partial charge in [-0.1, -0.05) is 13.8 Å². The van der Waals surface area contributed by atoms with Crippen molar-refractivity contribution in [2.45, 2.75) is 31.5 Å². The monoisotopic (exact) mass is 290 g/mol. The Hall–Kier alpha value is -0.890. The fraction of sp³-hybridized carbons (Fsp3) is 0.667. The highest BCUT2D eigenvalue weighted by molar-refractivity contribution is 7.89. The molecule has 0 saturated heterocycles. The SMILES string of the molecule is CNS(=O)(=O)c1ccc(CNC(COC)C(C)C)o1. The molecular weight excluding hydrogens is 268 g/mol. The molecule has 0 fully saturated rings. The third-order valence-electron chi connectivity index (χ3n) is 2.86. The fourth-order valence-electron chi connectivity index (χ4n) is 1.60. The van der Waals surface area contributed by atoms with Crippen LogP contribution in [0.4, 0.5) is 0 Å². The van der Waals surface area contributed by atoms with Gasteiger partial charge in [-0.05, 0) is 25.1 Å². The Bertz CT molecular complexity index is 482. The Morgan fingerprint density at radius 3 is 2.58 bits per heavy atom. The third kappa shape index (κ3) is 4.61. The van der Waals surface area contributed by atoms with Crippen molar-refractivity contribution in [3.63, 3.8) is 0 Å². The van der Waals surface area contributed by atoms with E-state index >= 15 is 0 Å². The van der Waals surface area contributed by atoms with E-state index < -0.39 is 10.0 Å². The van der Waals surface area contributed by atoms with E-state index in [2.05, 4.69) is 23.9 Å². The zero-order valence-electron chi connectivity index (χ0n) is 11.8. The maximum absolute atomic E-state index is 11.5. The first-order valence-electron chi connectivity index (χ1n) is 6.15. The van der Waals surface area contributed by atoms with Crippen LogP contribution < -0.4 is 10.0 Å². The molecule has 0 aliphatic carbocycles. The van der Waals surface area contributed by atoms with Crippen LogP contribution in [-0.2, 0) is 21.3 Å². The van der Waals surface area contributed by atoms with Crippen LogP contribution in [0.2, 0.25) is 0 Å². The van der Waals surface area contributed by atoms with Crippen LogP contribution in [0.25, 0.3) is 0 Å². The molecule has 0 saturated carbocycles. The summed E-state index contributed by atoms with van der Waals surface area (Å²) in [5.74, 6) is 0.992. The second-order valence-electron chi connectivity index (χ2n) is 4.62. The van der Waals surface area contributed by atoms with Crippen molar-refractivity contribution in [3.05, 3.63) is 17.9 Å². The van der Waals surface area contributed by atoms with E-state index in [0.717, 1.165) is 0 Å². The predicted molar refractivity (Wildman–Crippen MR) is 72.3 cm³/mol. The smallest absolute Gasteiger partial charge is 0.273 e. The molecule has 0 aromatic carbocycles. The molecule has 1 aromatic rings. The summed E-state index contributed by atoms with van der Waals surface area (Å²) in [6.45, 7) is 5.25. The Kier molecular flexibility index (Phi) is 5.99. The maximum Gasteiger partial charge on any atom is 0.273 e. The van der Waals surface area contributed by atoms with Crippen molar-refractivity contribution in [2.24, 2.45) is 5.92 Å². The van der Waals surface area contributed by atoms with Crippen LogP contribution in [0.3, 0.4) is 0 Å². The lowest BCUT2D eigenvalue weighted by Crippen LogP contribution is -2.37. The Morgan fingerprint density at radius 2 is 2.05 bits per heavy atom. The normalized spacial score (nSPS) is 13.9.